The highest BCUT2D eigenvalue weighted by molar-refractivity contribution is 9.10. The van der Waals surface area contributed by atoms with Crippen LogP contribution >= 0.6 is 15.9 Å². The Bertz CT molecular complexity index is 1120. The molecule has 3 rings (SSSR count). The van der Waals surface area contributed by atoms with Crippen LogP contribution in [0, 0.1) is 5.92 Å². The van der Waals surface area contributed by atoms with E-state index < -0.39 is 33.1 Å². The Morgan fingerprint density at radius 1 is 1.17 bits per heavy atom. The molecule has 0 heterocycles. The summed E-state index contributed by atoms with van der Waals surface area (Å²) in [6.07, 6.45) is -3.25. The number of aliphatic hydroxyl groups is 1. The number of ether oxygens (including phenoxy) is 1. The molecule has 194 valence electrons. The Hall–Kier alpha value is -1.66. The predicted octanol–water partition coefficient (Wildman–Crippen LogP) is 4.50. The average molecular weight is 579 g/mol. The molecule has 0 amide bonds. The van der Waals surface area contributed by atoms with E-state index in [-0.39, 0.29) is 23.1 Å². The van der Waals surface area contributed by atoms with Gasteiger partial charge in [-0.05, 0) is 68.4 Å². The number of fused-ring (bicyclic) bond motifs is 1. The third-order valence-corrected chi connectivity index (χ3v) is 8.39. The van der Waals surface area contributed by atoms with Gasteiger partial charge in [-0.15, -0.1) is 13.2 Å². The summed E-state index contributed by atoms with van der Waals surface area (Å²) in [7, 11) is -3.15. The van der Waals surface area contributed by atoms with Crippen molar-refractivity contribution in [3.8, 4) is 5.75 Å². The number of hydrogen-bond donors (Lipinski definition) is 2. The van der Waals surface area contributed by atoms with Crippen LogP contribution in [-0.4, -0.2) is 56.0 Å². The topological polar surface area (TPSA) is 78.9 Å². The first-order chi connectivity index (χ1) is 16.2. The molecule has 1 aliphatic rings. The molecule has 0 unspecified atom stereocenters. The third-order valence-electron chi connectivity index (χ3n) is 6.04. The van der Waals surface area contributed by atoms with Crippen molar-refractivity contribution in [1.82, 2.24) is 9.62 Å². The lowest BCUT2D eigenvalue weighted by molar-refractivity contribution is -0.275. The highest BCUT2D eigenvalue weighted by Gasteiger charge is 2.36. The molecule has 11 heteroatoms. The van der Waals surface area contributed by atoms with Crippen molar-refractivity contribution in [2.75, 3.05) is 20.1 Å². The van der Waals surface area contributed by atoms with Gasteiger partial charge >= 0.3 is 6.36 Å². The number of rotatable bonds is 10. The molecule has 0 aliphatic heterocycles. The highest BCUT2D eigenvalue weighted by Crippen LogP contribution is 2.34. The van der Waals surface area contributed by atoms with Gasteiger partial charge in [0.05, 0.1) is 6.10 Å². The molecule has 2 aromatic rings. The summed E-state index contributed by atoms with van der Waals surface area (Å²) in [5.41, 5.74) is 2.42. The summed E-state index contributed by atoms with van der Waals surface area (Å²) in [6, 6.07) is 11.7. The van der Waals surface area contributed by atoms with Crippen molar-refractivity contribution in [1.29, 1.82) is 0 Å². The van der Waals surface area contributed by atoms with E-state index in [2.05, 4.69) is 38.1 Å². The molecule has 0 bridgehead atoms. The molecule has 1 atom stereocenters. The molecule has 2 N–H and O–H groups in total. The monoisotopic (exact) mass is 578 g/mol. The van der Waals surface area contributed by atoms with Crippen LogP contribution in [0.15, 0.2) is 51.8 Å². The normalized spacial score (nSPS) is 15.9. The van der Waals surface area contributed by atoms with E-state index in [4.69, 9.17) is 0 Å². The molecule has 1 aliphatic carbocycles. The Balaban J connectivity index is 1.58. The molecule has 2 aromatic carbocycles. The van der Waals surface area contributed by atoms with Crippen molar-refractivity contribution in [3.63, 3.8) is 0 Å². The Labute approximate surface area is 212 Å². The minimum atomic E-state index is -5.06. The Morgan fingerprint density at radius 3 is 2.34 bits per heavy atom. The smallest absolute Gasteiger partial charge is 0.404 e. The lowest BCUT2D eigenvalue weighted by Crippen LogP contribution is -2.47. The first kappa shape index (κ1) is 27.9. The van der Waals surface area contributed by atoms with E-state index in [0.29, 0.717) is 5.92 Å². The zero-order valence-corrected chi connectivity index (χ0v) is 22.2. The maximum atomic E-state index is 13.0. The number of likely N-dealkylation sites (N-methyl/N-ethyl adjacent to an activating group) is 1. The number of nitrogens with one attached hydrogen (secondary N) is 1. The van der Waals surface area contributed by atoms with Gasteiger partial charge in [0.15, 0.2) is 5.75 Å². The molecule has 0 saturated heterocycles. The molecular formula is C24H30BrF3N2O4S. The van der Waals surface area contributed by atoms with Crippen LogP contribution in [-0.2, 0) is 22.9 Å². The summed E-state index contributed by atoms with van der Waals surface area (Å²) in [4.78, 5) is -0.637. The Morgan fingerprint density at radius 2 is 1.77 bits per heavy atom. The van der Waals surface area contributed by atoms with Gasteiger partial charge in [-0.1, -0.05) is 40.2 Å². The van der Waals surface area contributed by atoms with Crippen LogP contribution in [0.4, 0.5) is 13.2 Å². The summed E-state index contributed by atoms with van der Waals surface area (Å²) < 4.78 is 69.3. The van der Waals surface area contributed by atoms with E-state index in [9.17, 15) is 26.7 Å². The zero-order chi connectivity index (χ0) is 26.0. The lowest BCUT2D eigenvalue weighted by Gasteiger charge is -2.31. The summed E-state index contributed by atoms with van der Waals surface area (Å²) in [5, 5.41) is 13.8. The molecule has 6 nitrogen and oxygen atoms in total. The number of hydrogen-bond acceptors (Lipinski definition) is 5. The third kappa shape index (κ3) is 7.66. The van der Waals surface area contributed by atoms with Gasteiger partial charge in [0.2, 0.25) is 10.0 Å². The zero-order valence-electron chi connectivity index (χ0n) is 19.8. The standard InChI is InChI=1S/C24H30BrF3N2O4S/c1-23(2,13-16-10-17-6-4-5-7-18(17)11-16)29-14-20(31)15-30(3)35(32,33)22-9-8-19(25)12-21(22)34-24(26,27)28/h4-9,12,16,20,29,31H,10-11,13-15H2,1-3H3/t20-/m1/s1. The molecule has 0 spiro atoms. The number of β-amino-alcohol motifs (C(OH)–C–C–N with tert-alkyl or cyclic N) is 1. The second-order valence-electron chi connectivity index (χ2n) is 9.59. The molecule has 0 radical (unpaired) electrons. The van der Waals surface area contributed by atoms with Gasteiger partial charge in [0.1, 0.15) is 4.90 Å². The number of aliphatic hydroxyl groups excluding tert-OH is 1. The van der Waals surface area contributed by atoms with E-state index in [1.54, 1.807) is 0 Å². The number of nitrogens with zero attached hydrogens (tertiary/aromatic N) is 1. The molecule has 35 heavy (non-hydrogen) atoms. The van der Waals surface area contributed by atoms with Gasteiger partial charge in [-0.2, -0.15) is 4.31 Å². The molecule has 0 fully saturated rings. The van der Waals surface area contributed by atoms with Gasteiger partial charge in [-0.3, -0.25) is 0 Å². The average Bonchev–Trinajstić information content (AvgIpc) is 3.12. The second kappa shape index (κ2) is 10.8. The first-order valence-electron chi connectivity index (χ1n) is 11.2. The van der Waals surface area contributed by atoms with E-state index in [0.717, 1.165) is 35.7 Å². The number of alkyl halides is 3. The van der Waals surface area contributed by atoms with Crippen LogP contribution in [0.5, 0.6) is 5.75 Å². The van der Waals surface area contributed by atoms with Crippen LogP contribution in [0.1, 0.15) is 31.4 Å². The van der Waals surface area contributed by atoms with E-state index >= 15 is 0 Å². The van der Waals surface area contributed by atoms with Crippen LogP contribution in [0.25, 0.3) is 0 Å². The largest absolute Gasteiger partial charge is 0.573 e. The first-order valence-corrected chi connectivity index (χ1v) is 13.4. The summed E-state index contributed by atoms with van der Waals surface area (Å²) >= 11 is 3.02. The van der Waals surface area contributed by atoms with Crippen molar-refractivity contribution >= 4 is 26.0 Å². The molecule has 0 saturated carbocycles. The summed E-state index contributed by atoms with van der Waals surface area (Å²) in [5.74, 6) is -0.371. The van der Waals surface area contributed by atoms with Crippen LogP contribution in [0.3, 0.4) is 0 Å². The quantitative estimate of drug-likeness (QED) is 0.434. The summed E-state index contributed by atoms with van der Waals surface area (Å²) in [6.45, 7) is 3.89. The van der Waals surface area contributed by atoms with Gasteiger partial charge in [0.25, 0.3) is 0 Å². The van der Waals surface area contributed by atoms with Gasteiger partial charge in [-0.25, -0.2) is 8.42 Å². The second-order valence-corrected chi connectivity index (χ2v) is 12.5. The van der Waals surface area contributed by atoms with Crippen molar-refractivity contribution < 1.29 is 31.4 Å². The highest BCUT2D eigenvalue weighted by atomic mass is 79.9. The van der Waals surface area contributed by atoms with Crippen LogP contribution in [0.2, 0.25) is 0 Å². The fraction of sp³-hybridized carbons (Fsp3) is 0.500. The maximum Gasteiger partial charge on any atom is 0.573 e. The van der Waals surface area contributed by atoms with E-state index in [1.165, 1.54) is 24.2 Å². The Kier molecular flexibility index (Phi) is 8.58. The van der Waals surface area contributed by atoms with Crippen LogP contribution < -0.4 is 10.1 Å². The molecular weight excluding hydrogens is 549 g/mol. The minimum Gasteiger partial charge on any atom is -0.404 e. The fourth-order valence-corrected chi connectivity index (χ4v) is 6.15. The fourth-order valence-electron chi connectivity index (χ4n) is 4.51. The maximum absolute atomic E-state index is 13.0. The minimum absolute atomic E-state index is 0.124. The van der Waals surface area contributed by atoms with Crippen molar-refractivity contribution in [3.05, 3.63) is 58.1 Å². The van der Waals surface area contributed by atoms with E-state index in [1.807, 2.05) is 26.0 Å². The lowest BCUT2D eigenvalue weighted by atomic mass is 9.88. The number of halogens is 4. The number of benzene rings is 2. The number of sulfonamides is 1. The van der Waals surface area contributed by atoms with Crippen molar-refractivity contribution in [2.24, 2.45) is 5.92 Å². The van der Waals surface area contributed by atoms with Gasteiger partial charge in [0, 0.05) is 30.1 Å². The van der Waals surface area contributed by atoms with Crippen molar-refractivity contribution in [2.45, 2.75) is 56.0 Å². The molecule has 0 aromatic heterocycles. The predicted molar refractivity (Wildman–Crippen MR) is 131 cm³/mol. The van der Waals surface area contributed by atoms with Gasteiger partial charge < -0.3 is 15.2 Å². The SMILES string of the molecule is CN(C[C@H](O)CNC(C)(C)CC1Cc2ccccc2C1)S(=O)(=O)c1ccc(Br)cc1OC(F)(F)F.